The number of rotatable bonds is 3. The molecule has 2 heterocycles. The van der Waals surface area contributed by atoms with Gasteiger partial charge in [0.2, 0.25) is 0 Å². The Bertz CT molecular complexity index is 2580. The smallest absolute Gasteiger partial charge is 0.164 e. The highest BCUT2D eigenvalue weighted by molar-refractivity contribution is 7.25. The van der Waals surface area contributed by atoms with Crippen LogP contribution in [0, 0.1) is 0 Å². The lowest BCUT2D eigenvalue weighted by molar-refractivity contribution is 0.659. The normalized spacial score (nSPS) is 15.6. The zero-order valence-electron chi connectivity index (χ0n) is 26.7. The second kappa shape index (κ2) is 10.3. The molecule has 0 bridgehead atoms. The van der Waals surface area contributed by atoms with Crippen molar-refractivity contribution >= 4 is 31.5 Å². The third-order valence-electron chi connectivity index (χ3n) is 10.5. The molecule has 2 aromatic heterocycles. The Morgan fingerprint density at radius 1 is 0.562 bits per heavy atom. The predicted molar refractivity (Wildman–Crippen MR) is 199 cm³/mol. The fourth-order valence-electron chi connectivity index (χ4n) is 8.25. The van der Waals surface area contributed by atoms with Crippen LogP contribution in [0.15, 0.2) is 133 Å². The molecule has 48 heavy (non-hydrogen) atoms. The van der Waals surface area contributed by atoms with Crippen LogP contribution in [0.4, 0.5) is 0 Å². The molecule has 1 unspecified atom stereocenters. The van der Waals surface area contributed by atoms with Gasteiger partial charge in [0.25, 0.3) is 0 Å². The fourth-order valence-corrected chi connectivity index (χ4v) is 9.38. The van der Waals surface area contributed by atoms with Crippen LogP contribution in [-0.2, 0) is 11.8 Å². The first-order valence-electron chi connectivity index (χ1n) is 16.6. The molecule has 0 fully saturated rings. The molecule has 228 valence electrons. The maximum atomic E-state index is 5.38. The molecular formula is C44H31N3S. The lowest BCUT2D eigenvalue weighted by atomic mass is 9.74. The van der Waals surface area contributed by atoms with Crippen LogP contribution >= 0.6 is 11.3 Å². The van der Waals surface area contributed by atoms with Crippen LogP contribution in [0.25, 0.3) is 65.2 Å². The van der Waals surface area contributed by atoms with E-state index in [4.69, 9.17) is 15.0 Å². The van der Waals surface area contributed by atoms with Gasteiger partial charge in [-0.3, -0.25) is 0 Å². The number of benzene rings is 6. The molecule has 10 rings (SSSR count). The van der Waals surface area contributed by atoms with Gasteiger partial charge in [-0.25, -0.2) is 15.0 Å². The maximum Gasteiger partial charge on any atom is 0.164 e. The van der Waals surface area contributed by atoms with Gasteiger partial charge in [-0.1, -0.05) is 135 Å². The molecule has 6 aromatic carbocycles. The molecule has 2 aliphatic carbocycles. The van der Waals surface area contributed by atoms with Gasteiger partial charge < -0.3 is 0 Å². The summed E-state index contributed by atoms with van der Waals surface area (Å²) in [5.41, 5.74) is 12.8. The minimum absolute atomic E-state index is 0.0148. The molecule has 0 saturated heterocycles. The minimum Gasteiger partial charge on any atom is -0.212 e. The van der Waals surface area contributed by atoms with Crippen LogP contribution in [0.3, 0.4) is 0 Å². The summed E-state index contributed by atoms with van der Waals surface area (Å²) in [5, 5.41) is 2.45. The molecule has 3 nitrogen and oxygen atoms in total. The summed E-state index contributed by atoms with van der Waals surface area (Å²) in [4.78, 5) is 15.8. The fraction of sp³-hybridized carbons (Fsp3) is 0.114. The maximum absolute atomic E-state index is 5.38. The van der Waals surface area contributed by atoms with Gasteiger partial charge in [0.1, 0.15) is 5.82 Å². The largest absolute Gasteiger partial charge is 0.212 e. The Hall–Kier alpha value is -5.45. The van der Waals surface area contributed by atoms with Crippen molar-refractivity contribution in [3.05, 3.63) is 162 Å². The van der Waals surface area contributed by atoms with Crippen molar-refractivity contribution in [3.8, 4) is 45.0 Å². The third-order valence-corrected chi connectivity index (χ3v) is 11.6. The second-order valence-electron chi connectivity index (χ2n) is 13.5. The molecule has 0 spiro atoms. The van der Waals surface area contributed by atoms with Gasteiger partial charge in [-0.05, 0) is 63.1 Å². The van der Waals surface area contributed by atoms with E-state index in [1.165, 1.54) is 64.7 Å². The molecule has 0 aliphatic heterocycles. The van der Waals surface area contributed by atoms with E-state index in [9.17, 15) is 0 Å². The monoisotopic (exact) mass is 633 g/mol. The minimum atomic E-state index is -0.0483. The van der Waals surface area contributed by atoms with E-state index < -0.39 is 0 Å². The summed E-state index contributed by atoms with van der Waals surface area (Å²) in [6, 6.07) is 48.1. The van der Waals surface area contributed by atoms with Crippen LogP contribution < -0.4 is 0 Å². The number of aromatic nitrogens is 3. The van der Waals surface area contributed by atoms with Crippen LogP contribution in [0.1, 0.15) is 47.8 Å². The van der Waals surface area contributed by atoms with Gasteiger partial charge in [0.05, 0.1) is 0 Å². The summed E-state index contributed by atoms with van der Waals surface area (Å²) in [5.74, 6) is 2.23. The highest BCUT2D eigenvalue weighted by atomic mass is 32.1. The van der Waals surface area contributed by atoms with E-state index in [2.05, 4.69) is 141 Å². The summed E-state index contributed by atoms with van der Waals surface area (Å²) in [7, 11) is 0. The molecular weight excluding hydrogens is 603 g/mol. The van der Waals surface area contributed by atoms with Gasteiger partial charge >= 0.3 is 0 Å². The molecule has 8 aromatic rings. The molecule has 1 atom stereocenters. The molecule has 0 radical (unpaired) electrons. The summed E-state index contributed by atoms with van der Waals surface area (Å²) >= 11 is 1.82. The van der Waals surface area contributed by atoms with E-state index in [1.807, 2.05) is 17.4 Å². The van der Waals surface area contributed by atoms with Crippen LogP contribution in [0.5, 0.6) is 0 Å². The highest BCUT2D eigenvalue weighted by Gasteiger charge is 2.40. The molecule has 0 amide bonds. The Morgan fingerprint density at radius 3 is 2.17 bits per heavy atom. The molecule has 4 heteroatoms. The molecule has 2 aliphatic rings. The zero-order valence-corrected chi connectivity index (χ0v) is 27.6. The van der Waals surface area contributed by atoms with Crippen molar-refractivity contribution in [2.45, 2.75) is 31.6 Å². The molecule has 0 N–H and O–H groups in total. The van der Waals surface area contributed by atoms with E-state index in [0.29, 0.717) is 5.82 Å². The third kappa shape index (κ3) is 3.96. The first-order valence-corrected chi connectivity index (χ1v) is 17.5. The van der Waals surface area contributed by atoms with Crippen molar-refractivity contribution < 1.29 is 0 Å². The second-order valence-corrected chi connectivity index (χ2v) is 14.6. The van der Waals surface area contributed by atoms with E-state index >= 15 is 0 Å². The van der Waals surface area contributed by atoms with Gasteiger partial charge in [-0.15, -0.1) is 11.3 Å². The first kappa shape index (κ1) is 27.6. The van der Waals surface area contributed by atoms with Crippen molar-refractivity contribution in [1.29, 1.82) is 0 Å². The van der Waals surface area contributed by atoms with E-state index in [-0.39, 0.29) is 11.3 Å². The van der Waals surface area contributed by atoms with Crippen molar-refractivity contribution in [1.82, 2.24) is 15.0 Å². The van der Waals surface area contributed by atoms with Crippen molar-refractivity contribution in [2.75, 3.05) is 0 Å². The average molecular weight is 634 g/mol. The highest BCUT2D eigenvalue weighted by Crippen LogP contribution is 2.55. The number of hydrogen-bond acceptors (Lipinski definition) is 4. The van der Waals surface area contributed by atoms with Crippen LogP contribution in [0.2, 0.25) is 0 Å². The number of nitrogens with zero attached hydrogens (tertiary/aromatic N) is 3. The summed E-state index contributed by atoms with van der Waals surface area (Å²) in [6.07, 6.45) is 0.825. The Balaban J connectivity index is 1.20. The first-order chi connectivity index (χ1) is 23.6. The standard InChI is InChI=1S/C44H31N3S/c1-44(2)34-20-10-8-17-30(34)40-35(44)24-23-27-25-33(28-15-6-7-16-29(28)38(27)40)43-46-41(26-13-4-3-5-14-26)45-42(47-43)32-19-12-22-37-39(32)31-18-9-11-21-36(31)48-37/h3-24,33H,25H2,1-2H3. The topological polar surface area (TPSA) is 38.7 Å². The van der Waals surface area contributed by atoms with Crippen molar-refractivity contribution in [3.63, 3.8) is 0 Å². The van der Waals surface area contributed by atoms with E-state index in [1.54, 1.807) is 0 Å². The Labute approximate surface area is 283 Å². The summed E-state index contributed by atoms with van der Waals surface area (Å²) < 4.78 is 2.51. The van der Waals surface area contributed by atoms with Crippen molar-refractivity contribution in [2.24, 2.45) is 0 Å². The van der Waals surface area contributed by atoms with Gasteiger partial charge in [-0.2, -0.15) is 0 Å². The van der Waals surface area contributed by atoms with Gasteiger partial charge in [0, 0.05) is 42.6 Å². The summed E-state index contributed by atoms with van der Waals surface area (Å²) in [6.45, 7) is 4.71. The Morgan fingerprint density at radius 2 is 1.27 bits per heavy atom. The zero-order chi connectivity index (χ0) is 32.0. The average Bonchev–Trinajstić information content (AvgIpc) is 3.63. The van der Waals surface area contributed by atoms with Crippen LogP contribution in [-0.4, -0.2) is 15.0 Å². The SMILES string of the molecule is CC1(C)c2ccccc2-c2c1ccc1c2-c2ccccc2C(c2nc(-c3ccccc3)nc(-c3cccc4sc5ccccc5c34)n2)C1. The van der Waals surface area contributed by atoms with Gasteiger partial charge in [0.15, 0.2) is 11.6 Å². The number of fused-ring (bicyclic) bond motifs is 10. The number of hydrogen-bond donors (Lipinski definition) is 0. The predicted octanol–water partition coefficient (Wildman–Crippen LogP) is 11.2. The molecule has 0 saturated carbocycles. The number of thiophene rings is 1. The Kier molecular flexibility index (Phi) is 5.92. The van der Waals surface area contributed by atoms with E-state index in [0.717, 1.165) is 29.2 Å². The lowest BCUT2D eigenvalue weighted by Crippen LogP contribution is -2.18. The quantitative estimate of drug-likeness (QED) is 0.194. The lowest BCUT2D eigenvalue weighted by Gasteiger charge is -2.30.